The number of piperidine rings is 1. The molecule has 0 aromatic heterocycles. The molecule has 0 unspecified atom stereocenters. The van der Waals surface area contributed by atoms with Gasteiger partial charge in [0.25, 0.3) is 5.91 Å². The Kier molecular flexibility index (Phi) is 6.58. The topological polar surface area (TPSA) is 95.6 Å². The number of carbonyl (C=O) groups excluding carboxylic acids is 2. The van der Waals surface area contributed by atoms with E-state index in [1.807, 2.05) is 31.2 Å². The van der Waals surface area contributed by atoms with E-state index in [1.54, 1.807) is 35.2 Å². The van der Waals surface area contributed by atoms with Crippen LogP contribution >= 0.6 is 0 Å². The molecule has 7 nitrogen and oxygen atoms in total. The lowest BCUT2D eigenvalue weighted by atomic mass is 9.83. The summed E-state index contributed by atoms with van der Waals surface area (Å²) >= 11 is 0. The fourth-order valence-electron chi connectivity index (χ4n) is 3.78. The van der Waals surface area contributed by atoms with Gasteiger partial charge in [0.2, 0.25) is 10.0 Å². The van der Waals surface area contributed by atoms with Gasteiger partial charge in [-0.3, -0.25) is 10.1 Å². The Morgan fingerprint density at radius 2 is 1.60 bits per heavy atom. The van der Waals surface area contributed by atoms with E-state index in [0.717, 1.165) is 17.4 Å². The van der Waals surface area contributed by atoms with Gasteiger partial charge in [-0.05, 0) is 43.9 Å². The maximum Gasteiger partial charge on any atom is 0.324 e. The standard InChI is InChI=1S/C22H27N3O4S/c1-17-8-10-18(11-9-17)16-22(24-30(2,28)29)12-14-25(15-13-22)21(27)23-20(26)19-6-4-3-5-7-19/h3-11,24H,12-16H2,1-2H3,(H,23,26,27). The van der Waals surface area contributed by atoms with Crippen LogP contribution in [-0.2, 0) is 16.4 Å². The number of hydrogen-bond acceptors (Lipinski definition) is 4. The predicted octanol–water partition coefficient (Wildman–Crippen LogP) is 2.47. The summed E-state index contributed by atoms with van der Waals surface area (Å²) in [5.41, 5.74) is 1.92. The Balaban J connectivity index is 1.67. The second-order valence-electron chi connectivity index (χ2n) is 7.93. The van der Waals surface area contributed by atoms with Crippen molar-refractivity contribution in [1.29, 1.82) is 0 Å². The van der Waals surface area contributed by atoms with Crippen LogP contribution in [0.25, 0.3) is 0 Å². The first kappa shape index (κ1) is 22.0. The lowest BCUT2D eigenvalue weighted by Crippen LogP contribution is -2.58. The van der Waals surface area contributed by atoms with Crippen molar-refractivity contribution in [2.45, 2.75) is 31.7 Å². The smallest absolute Gasteiger partial charge is 0.324 e. The summed E-state index contributed by atoms with van der Waals surface area (Å²) in [5, 5.41) is 2.41. The molecule has 0 bridgehead atoms. The van der Waals surface area contributed by atoms with E-state index in [9.17, 15) is 18.0 Å². The molecule has 2 N–H and O–H groups in total. The van der Waals surface area contributed by atoms with Crippen LogP contribution in [0.4, 0.5) is 4.79 Å². The van der Waals surface area contributed by atoms with Gasteiger partial charge in [-0.1, -0.05) is 48.0 Å². The molecule has 1 aliphatic heterocycles. The van der Waals surface area contributed by atoms with Crippen molar-refractivity contribution in [3.8, 4) is 0 Å². The lowest BCUT2D eigenvalue weighted by Gasteiger charge is -2.42. The van der Waals surface area contributed by atoms with E-state index < -0.39 is 27.5 Å². The summed E-state index contributed by atoms with van der Waals surface area (Å²) in [6.45, 7) is 2.70. The number of imide groups is 1. The van der Waals surface area contributed by atoms with E-state index in [0.29, 0.717) is 37.9 Å². The molecule has 160 valence electrons. The molecule has 0 saturated carbocycles. The van der Waals surface area contributed by atoms with Crippen LogP contribution in [0.1, 0.15) is 34.3 Å². The molecule has 2 aromatic carbocycles. The third kappa shape index (κ3) is 5.90. The number of amides is 3. The minimum absolute atomic E-state index is 0.349. The summed E-state index contributed by atoms with van der Waals surface area (Å²) < 4.78 is 26.8. The van der Waals surface area contributed by atoms with Crippen molar-refractivity contribution in [1.82, 2.24) is 14.9 Å². The SMILES string of the molecule is Cc1ccc(CC2(NS(C)(=O)=O)CCN(C(=O)NC(=O)c3ccccc3)CC2)cc1. The quantitative estimate of drug-likeness (QED) is 0.763. The maximum atomic E-state index is 12.5. The van der Waals surface area contributed by atoms with Crippen LogP contribution in [0.2, 0.25) is 0 Å². The fourth-order valence-corrected chi connectivity index (χ4v) is 4.84. The zero-order valence-corrected chi connectivity index (χ0v) is 18.0. The van der Waals surface area contributed by atoms with Gasteiger partial charge >= 0.3 is 6.03 Å². The van der Waals surface area contributed by atoms with Crippen LogP contribution in [0.5, 0.6) is 0 Å². The second-order valence-corrected chi connectivity index (χ2v) is 9.68. The van der Waals surface area contributed by atoms with Gasteiger partial charge in [-0.2, -0.15) is 0 Å². The summed E-state index contributed by atoms with van der Waals surface area (Å²) in [4.78, 5) is 26.3. The molecule has 0 radical (unpaired) electrons. The summed E-state index contributed by atoms with van der Waals surface area (Å²) in [6.07, 6.45) is 2.61. The minimum Gasteiger partial charge on any atom is -0.324 e. The van der Waals surface area contributed by atoms with Gasteiger partial charge < -0.3 is 4.90 Å². The van der Waals surface area contributed by atoms with E-state index in [1.165, 1.54) is 0 Å². The summed E-state index contributed by atoms with van der Waals surface area (Å²) in [6, 6.07) is 16.1. The fraction of sp³-hybridized carbons (Fsp3) is 0.364. The average Bonchev–Trinajstić information content (AvgIpc) is 2.69. The van der Waals surface area contributed by atoms with E-state index in [4.69, 9.17) is 0 Å². The van der Waals surface area contributed by atoms with Crippen molar-refractivity contribution >= 4 is 22.0 Å². The zero-order chi connectivity index (χ0) is 21.8. The molecular weight excluding hydrogens is 402 g/mol. The molecule has 1 saturated heterocycles. The molecule has 0 atom stereocenters. The van der Waals surface area contributed by atoms with Gasteiger partial charge in [-0.25, -0.2) is 17.9 Å². The molecule has 3 rings (SSSR count). The number of nitrogens with zero attached hydrogens (tertiary/aromatic N) is 1. The van der Waals surface area contributed by atoms with Crippen LogP contribution in [0, 0.1) is 6.92 Å². The van der Waals surface area contributed by atoms with Crippen LogP contribution in [0.3, 0.4) is 0 Å². The molecular formula is C22H27N3O4S. The number of nitrogens with one attached hydrogen (secondary N) is 2. The molecule has 1 aliphatic rings. The highest BCUT2D eigenvalue weighted by molar-refractivity contribution is 7.88. The predicted molar refractivity (Wildman–Crippen MR) is 116 cm³/mol. The molecule has 0 aliphatic carbocycles. The Bertz CT molecular complexity index is 996. The highest BCUT2D eigenvalue weighted by Gasteiger charge is 2.38. The van der Waals surface area contributed by atoms with Crippen LogP contribution in [-0.4, -0.2) is 50.1 Å². The van der Waals surface area contributed by atoms with Gasteiger partial charge in [0, 0.05) is 24.2 Å². The van der Waals surface area contributed by atoms with Crippen molar-refractivity contribution in [2.75, 3.05) is 19.3 Å². The van der Waals surface area contributed by atoms with Gasteiger partial charge in [0.1, 0.15) is 0 Å². The van der Waals surface area contributed by atoms with Crippen LogP contribution in [0.15, 0.2) is 54.6 Å². The zero-order valence-electron chi connectivity index (χ0n) is 17.2. The van der Waals surface area contributed by atoms with E-state index in [2.05, 4.69) is 10.0 Å². The second kappa shape index (κ2) is 8.97. The number of benzene rings is 2. The van der Waals surface area contributed by atoms with Crippen molar-refractivity contribution in [3.63, 3.8) is 0 Å². The first-order chi connectivity index (χ1) is 14.2. The van der Waals surface area contributed by atoms with E-state index in [-0.39, 0.29) is 0 Å². The molecule has 8 heteroatoms. The number of likely N-dealkylation sites (tertiary alicyclic amines) is 1. The van der Waals surface area contributed by atoms with Crippen molar-refractivity contribution in [2.24, 2.45) is 0 Å². The van der Waals surface area contributed by atoms with E-state index >= 15 is 0 Å². The summed E-state index contributed by atoms with van der Waals surface area (Å²) in [7, 11) is -3.43. The number of sulfonamides is 1. The highest BCUT2D eigenvalue weighted by Crippen LogP contribution is 2.28. The number of carbonyl (C=O) groups is 2. The number of hydrogen-bond donors (Lipinski definition) is 2. The molecule has 0 spiro atoms. The molecule has 1 fully saturated rings. The Hall–Kier alpha value is -2.71. The Labute approximate surface area is 177 Å². The first-order valence-corrected chi connectivity index (χ1v) is 11.7. The third-order valence-corrected chi connectivity index (χ3v) is 6.13. The lowest BCUT2D eigenvalue weighted by molar-refractivity contribution is 0.0940. The largest absolute Gasteiger partial charge is 0.324 e. The molecule has 3 amide bonds. The van der Waals surface area contributed by atoms with Crippen LogP contribution < -0.4 is 10.0 Å². The normalized spacial score (nSPS) is 16.1. The maximum absolute atomic E-state index is 12.5. The van der Waals surface area contributed by atoms with Gasteiger partial charge in [0.05, 0.1) is 6.26 Å². The highest BCUT2D eigenvalue weighted by atomic mass is 32.2. The number of rotatable bonds is 5. The number of aryl methyl sites for hydroxylation is 1. The molecule has 1 heterocycles. The average molecular weight is 430 g/mol. The summed E-state index contributed by atoms with van der Waals surface area (Å²) in [5.74, 6) is -0.452. The van der Waals surface area contributed by atoms with Crippen molar-refractivity contribution in [3.05, 3.63) is 71.3 Å². The van der Waals surface area contributed by atoms with Gasteiger partial charge in [0.15, 0.2) is 0 Å². The Morgan fingerprint density at radius 3 is 2.17 bits per heavy atom. The van der Waals surface area contributed by atoms with Crippen molar-refractivity contribution < 1.29 is 18.0 Å². The minimum atomic E-state index is -3.43. The molecule has 2 aromatic rings. The molecule has 30 heavy (non-hydrogen) atoms. The monoisotopic (exact) mass is 429 g/mol. The third-order valence-electron chi connectivity index (χ3n) is 5.33. The van der Waals surface area contributed by atoms with Gasteiger partial charge in [-0.15, -0.1) is 0 Å². The Morgan fingerprint density at radius 1 is 1.00 bits per heavy atom. The first-order valence-electron chi connectivity index (χ1n) is 9.86. The number of urea groups is 1.